The first kappa shape index (κ1) is 13.1. The van der Waals surface area contributed by atoms with Crippen molar-refractivity contribution in [2.45, 2.75) is 13.8 Å². The molecular weight excluding hydrogens is 242 g/mol. The van der Waals surface area contributed by atoms with Gasteiger partial charge in [0.2, 0.25) is 5.75 Å². The highest BCUT2D eigenvalue weighted by Crippen LogP contribution is 2.31. The fourth-order valence-electron chi connectivity index (χ4n) is 1.77. The summed E-state index contributed by atoms with van der Waals surface area (Å²) in [6.45, 7) is 4.11. The number of nitrogens with zero attached hydrogens (tertiary/aromatic N) is 2. The summed E-state index contributed by atoms with van der Waals surface area (Å²) in [6.07, 6.45) is 1.42. The van der Waals surface area contributed by atoms with Crippen molar-refractivity contribution in [3.05, 3.63) is 35.7 Å². The molecule has 6 heteroatoms. The first-order chi connectivity index (χ1) is 9.17. The van der Waals surface area contributed by atoms with Crippen molar-refractivity contribution in [2.75, 3.05) is 17.9 Å². The Balaban J connectivity index is 2.41. The number of ether oxygens (including phenoxy) is 1. The van der Waals surface area contributed by atoms with Gasteiger partial charge in [0.15, 0.2) is 11.6 Å². The number of rotatable bonds is 4. The van der Waals surface area contributed by atoms with Crippen molar-refractivity contribution in [2.24, 2.45) is 5.84 Å². The molecule has 2 rings (SSSR count). The van der Waals surface area contributed by atoms with Gasteiger partial charge >= 0.3 is 0 Å². The molecule has 0 radical (unpaired) electrons. The summed E-state index contributed by atoms with van der Waals surface area (Å²) in [5.41, 5.74) is 5.82. The van der Waals surface area contributed by atoms with Crippen molar-refractivity contribution in [3.63, 3.8) is 0 Å². The fraction of sp³-hybridized carbons (Fsp3) is 0.231. The highest BCUT2D eigenvalue weighted by atomic mass is 16.5. The van der Waals surface area contributed by atoms with Crippen LogP contribution in [0.3, 0.4) is 0 Å². The molecule has 0 aliphatic heterocycles. The van der Waals surface area contributed by atoms with Crippen LogP contribution < -0.4 is 21.3 Å². The molecule has 0 fully saturated rings. The van der Waals surface area contributed by atoms with Crippen molar-refractivity contribution in [3.8, 4) is 5.75 Å². The largest absolute Gasteiger partial charge is 0.490 e. The molecule has 0 bridgehead atoms. The standard InChI is InChI=1S/C13H17N5O/c1-8-5-4-6-10(9(8)2)17-12-11(19-3)13(18-14)16-7-15-12/h4-7H,14H2,1-3H3,(H2,15,16,17,18). The Hall–Kier alpha value is -2.34. The van der Waals surface area contributed by atoms with Crippen molar-refractivity contribution < 1.29 is 4.74 Å². The molecule has 100 valence electrons. The van der Waals surface area contributed by atoms with E-state index < -0.39 is 0 Å². The molecule has 0 saturated carbocycles. The van der Waals surface area contributed by atoms with E-state index >= 15 is 0 Å². The van der Waals surface area contributed by atoms with E-state index in [0.717, 1.165) is 11.3 Å². The molecule has 0 unspecified atom stereocenters. The first-order valence-corrected chi connectivity index (χ1v) is 5.86. The maximum absolute atomic E-state index is 5.39. The minimum atomic E-state index is 0.435. The van der Waals surface area contributed by atoms with E-state index in [2.05, 4.69) is 33.7 Å². The van der Waals surface area contributed by atoms with Crippen molar-refractivity contribution in [1.29, 1.82) is 0 Å². The number of nitrogen functional groups attached to an aromatic ring is 1. The second kappa shape index (κ2) is 5.53. The Bertz CT molecular complexity index is 585. The molecule has 2 aromatic rings. The van der Waals surface area contributed by atoms with Crippen LogP contribution in [0.15, 0.2) is 24.5 Å². The lowest BCUT2D eigenvalue weighted by Crippen LogP contribution is -2.11. The molecule has 1 heterocycles. The quantitative estimate of drug-likeness (QED) is 0.576. The average Bonchev–Trinajstić information content (AvgIpc) is 2.43. The molecule has 0 spiro atoms. The smallest absolute Gasteiger partial charge is 0.205 e. The van der Waals surface area contributed by atoms with Gasteiger partial charge in [-0.3, -0.25) is 0 Å². The topological polar surface area (TPSA) is 85.1 Å². The van der Waals surface area contributed by atoms with Gasteiger partial charge in [-0.15, -0.1) is 0 Å². The summed E-state index contributed by atoms with van der Waals surface area (Å²) in [4.78, 5) is 8.18. The van der Waals surface area contributed by atoms with Gasteiger partial charge in [-0.05, 0) is 31.0 Å². The zero-order chi connectivity index (χ0) is 13.8. The second-order valence-corrected chi connectivity index (χ2v) is 4.12. The summed E-state index contributed by atoms with van der Waals surface area (Å²) >= 11 is 0. The van der Waals surface area contributed by atoms with Gasteiger partial charge in [-0.1, -0.05) is 12.1 Å². The number of hydrazine groups is 1. The van der Waals surface area contributed by atoms with Gasteiger partial charge < -0.3 is 15.5 Å². The van der Waals surface area contributed by atoms with Crippen LogP contribution in [0.25, 0.3) is 0 Å². The minimum Gasteiger partial charge on any atom is -0.490 e. The van der Waals surface area contributed by atoms with E-state index in [-0.39, 0.29) is 0 Å². The van der Waals surface area contributed by atoms with Gasteiger partial charge in [0.1, 0.15) is 6.33 Å². The van der Waals surface area contributed by atoms with Crippen LogP contribution in [0, 0.1) is 13.8 Å². The average molecular weight is 259 g/mol. The van der Waals surface area contributed by atoms with Gasteiger partial charge in [-0.25, -0.2) is 15.8 Å². The Morgan fingerprint density at radius 2 is 1.89 bits per heavy atom. The van der Waals surface area contributed by atoms with Gasteiger partial charge in [-0.2, -0.15) is 0 Å². The van der Waals surface area contributed by atoms with Crippen molar-refractivity contribution in [1.82, 2.24) is 9.97 Å². The molecule has 0 aliphatic carbocycles. The Morgan fingerprint density at radius 1 is 1.16 bits per heavy atom. The number of hydrogen-bond donors (Lipinski definition) is 3. The molecule has 0 amide bonds. The molecular formula is C13H17N5O. The van der Waals surface area contributed by atoms with Crippen LogP contribution in [0.2, 0.25) is 0 Å². The third-order valence-corrected chi connectivity index (χ3v) is 3.00. The fourth-order valence-corrected chi connectivity index (χ4v) is 1.77. The zero-order valence-corrected chi connectivity index (χ0v) is 11.2. The van der Waals surface area contributed by atoms with Crippen LogP contribution in [0.4, 0.5) is 17.3 Å². The molecule has 19 heavy (non-hydrogen) atoms. The number of aryl methyl sites for hydroxylation is 1. The normalized spacial score (nSPS) is 10.1. The number of aromatic nitrogens is 2. The van der Waals surface area contributed by atoms with E-state index in [1.165, 1.54) is 11.9 Å². The molecule has 6 nitrogen and oxygen atoms in total. The van der Waals surface area contributed by atoms with Gasteiger partial charge in [0.25, 0.3) is 0 Å². The van der Waals surface area contributed by atoms with E-state index in [9.17, 15) is 0 Å². The predicted octanol–water partition coefficient (Wildman–Crippen LogP) is 2.13. The first-order valence-electron chi connectivity index (χ1n) is 5.86. The van der Waals surface area contributed by atoms with Gasteiger partial charge in [0.05, 0.1) is 7.11 Å². The summed E-state index contributed by atoms with van der Waals surface area (Å²) in [5, 5.41) is 3.24. The number of anilines is 3. The van der Waals surface area contributed by atoms with Crippen LogP contribution in [0.5, 0.6) is 5.75 Å². The summed E-state index contributed by atoms with van der Waals surface area (Å²) in [5.74, 6) is 6.88. The summed E-state index contributed by atoms with van der Waals surface area (Å²) < 4.78 is 5.28. The summed E-state index contributed by atoms with van der Waals surface area (Å²) in [7, 11) is 1.55. The van der Waals surface area contributed by atoms with Crippen LogP contribution in [-0.4, -0.2) is 17.1 Å². The minimum absolute atomic E-state index is 0.435. The molecule has 1 aromatic heterocycles. The third kappa shape index (κ3) is 2.58. The predicted molar refractivity (Wildman–Crippen MR) is 75.6 cm³/mol. The zero-order valence-electron chi connectivity index (χ0n) is 11.2. The monoisotopic (exact) mass is 259 g/mol. The lowest BCUT2D eigenvalue weighted by Gasteiger charge is -2.14. The Labute approximate surface area is 112 Å². The maximum Gasteiger partial charge on any atom is 0.205 e. The molecule has 0 aliphatic rings. The lowest BCUT2D eigenvalue weighted by atomic mass is 10.1. The van der Waals surface area contributed by atoms with E-state index in [1.54, 1.807) is 7.11 Å². The number of benzene rings is 1. The van der Waals surface area contributed by atoms with Crippen LogP contribution in [0.1, 0.15) is 11.1 Å². The molecule has 0 atom stereocenters. The summed E-state index contributed by atoms with van der Waals surface area (Å²) in [6, 6.07) is 6.03. The molecule has 4 N–H and O–H groups in total. The number of hydrogen-bond acceptors (Lipinski definition) is 6. The Kier molecular flexibility index (Phi) is 3.82. The van der Waals surface area contributed by atoms with Crippen LogP contribution in [-0.2, 0) is 0 Å². The SMILES string of the molecule is COc1c(NN)ncnc1Nc1cccc(C)c1C. The Morgan fingerprint density at radius 3 is 2.58 bits per heavy atom. The van der Waals surface area contributed by atoms with Crippen LogP contribution >= 0.6 is 0 Å². The maximum atomic E-state index is 5.39. The molecule has 0 saturated heterocycles. The van der Waals surface area contributed by atoms with E-state index in [1.807, 2.05) is 19.1 Å². The highest BCUT2D eigenvalue weighted by molar-refractivity contribution is 5.71. The number of nitrogens with one attached hydrogen (secondary N) is 2. The highest BCUT2D eigenvalue weighted by Gasteiger charge is 2.12. The van der Waals surface area contributed by atoms with Gasteiger partial charge in [0, 0.05) is 5.69 Å². The molecule has 1 aromatic carbocycles. The number of methoxy groups -OCH3 is 1. The third-order valence-electron chi connectivity index (χ3n) is 3.00. The second-order valence-electron chi connectivity index (χ2n) is 4.12. The lowest BCUT2D eigenvalue weighted by molar-refractivity contribution is 0.415. The van der Waals surface area contributed by atoms with E-state index in [4.69, 9.17) is 10.6 Å². The number of nitrogens with two attached hydrogens (primary N) is 1. The van der Waals surface area contributed by atoms with Crippen molar-refractivity contribution >= 4 is 17.3 Å². The van der Waals surface area contributed by atoms with E-state index in [0.29, 0.717) is 17.4 Å².